The van der Waals surface area contributed by atoms with Crippen molar-refractivity contribution in [2.75, 3.05) is 0 Å². The molecule has 1 fully saturated rings. The lowest BCUT2D eigenvalue weighted by atomic mass is 10.0. The molecule has 1 saturated carbocycles. The first kappa shape index (κ1) is 11.3. The fourth-order valence-corrected chi connectivity index (χ4v) is 2.07. The first-order valence-electron chi connectivity index (χ1n) is 5.51. The molecule has 2 nitrogen and oxygen atoms in total. The number of nitrogens with one attached hydrogen (secondary N) is 1. The second kappa shape index (κ2) is 4.63. The summed E-state index contributed by atoms with van der Waals surface area (Å²) in [6, 6.07) is 0. The maximum atomic E-state index is 11.8. The Kier molecular flexibility index (Phi) is 3.73. The average molecular weight is 195 g/mol. The molecule has 80 valence electrons. The molecule has 1 aliphatic carbocycles. The van der Waals surface area contributed by atoms with Crippen LogP contribution in [0.15, 0.2) is 12.2 Å². The fraction of sp³-hybridized carbons (Fsp3) is 0.750. The number of carbonyl (C=O) groups excluding carboxylic acids is 1. The Morgan fingerprint density at radius 1 is 1.36 bits per heavy atom. The Balaban J connectivity index is 2.46. The molecular weight excluding hydrogens is 174 g/mol. The quantitative estimate of drug-likeness (QED) is 0.689. The zero-order valence-electron chi connectivity index (χ0n) is 9.47. The molecule has 14 heavy (non-hydrogen) atoms. The number of allylic oxidation sites excluding steroid dienone is 1. The van der Waals surface area contributed by atoms with Gasteiger partial charge in [-0.2, -0.15) is 0 Å². The lowest BCUT2D eigenvalue weighted by Crippen LogP contribution is -2.44. The monoisotopic (exact) mass is 195 g/mol. The number of carbonyl (C=O) groups is 1. The van der Waals surface area contributed by atoms with Gasteiger partial charge in [0.05, 0.1) is 5.54 Å². The minimum Gasteiger partial charge on any atom is -0.348 e. The van der Waals surface area contributed by atoms with Crippen molar-refractivity contribution in [2.24, 2.45) is 5.92 Å². The Morgan fingerprint density at radius 3 is 2.43 bits per heavy atom. The first-order chi connectivity index (χ1) is 6.55. The van der Waals surface area contributed by atoms with Crippen LogP contribution in [0.1, 0.15) is 46.5 Å². The van der Waals surface area contributed by atoms with Gasteiger partial charge in [0, 0.05) is 5.92 Å². The highest BCUT2D eigenvalue weighted by Crippen LogP contribution is 2.25. The lowest BCUT2D eigenvalue weighted by Gasteiger charge is -2.24. The molecular formula is C12H21NO. The first-order valence-corrected chi connectivity index (χ1v) is 5.51. The van der Waals surface area contributed by atoms with Gasteiger partial charge in [0.15, 0.2) is 0 Å². The van der Waals surface area contributed by atoms with Gasteiger partial charge in [0.25, 0.3) is 0 Å². The summed E-state index contributed by atoms with van der Waals surface area (Å²) in [7, 11) is 0. The van der Waals surface area contributed by atoms with Crippen LogP contribution in [0.5, 0.6) is 0 Å². The van der Waals surface area contributed by atoms with Gasteiger partial charge < -0.3 is 5.32 Å². The van der Waals surface area contributed by atoms with Gasteiger partial charge in [-0.1, -0.05) is 25.0 Å². The van der Waals surface area contributed by atoms with Crippen LogP contribution in [-0.2, 0) is 4.79 Å². The summed E-state index contributed by atoms with van der Waals surface area (Å²) in [6.45, 7) is 6.03. The predicted octanol–water partition coefficient (Wildman–Crippen LogP) is 2.65. The van der Waals surface area contributed by atoms with E-state index in [1.54, 1.807) is 0 Å². The maximum absolute atomic E-state index is 11.8. The van der Waals surface area contributed by atoms with Crippen LogP contribution in [0.3, 0.4) is 0 Å². The molecule has 0 aromatic heterocycles. The number of rotatable bonds is 3. The Labute approximate surface area is 86.8 Å². The van der Waals surface area contributed by atoms with Gasteiger partial charge in [0.2, 0.25) is 5.91 Å². The van der Waals surface area contributed by atoms with E-state index in [0.29, 0.717) is 0 Å². The zero-order chi connectivity index (χ0) is 10.6. The molecule has 0 aromatic carbocycles. The van der Waals surface area contributed by atoms with E-state index in [1.807, 2.05) is 32.9 Å². The molecule has 0 aliphatic heterocycles. The number of amides is 1. The third kappa shape index (κ3) is 3.17. The molecule has 1 aliphatic rings. The van der Waals surface area contributed by atoms with E-state index in [2.05, 4.69) is 5.32 Å². The third-order valence-corrected chi connectivity index (χ3v) is 2.75. The summed E-state index contributed by atoms with van der Waals surface area (Å²) < 4.78 is 0. The van der Waals surface area contributed by atoms with Gasteiger partial charge in [-0.25, -0.2) is 0 Å². The molecule has 2 heteroatoms. The fourth-order valence-electron chi connectivity index (χ4n) is 2.07. The SMILES string of the molecule is C/C=C/C(C)(C)NC(=O)C1CCCC1. The van der Waals surface area contributed by atoms with E-state index >= 15 is 0 Å². The van der Waals surface area contributed by atoms with Crippen molar-refractivity contribution in [1.82, 2.24) is 5.32 Å². The van der Waals surface area contributed by atoms with E-state index in [9.17, 15) is 4.79 Å². The van der Waals surface area contributed by atoms with Gasteiger partial charge in [-0.15, -0.1) is 0 Å². The Bertz CT molecular complexity index is 224. The molecule has 0 unspecified atom stereocenters. The molecule has 0 spiro atoms. The normalized spacial score (nSPS) is 19.1. The molecule has 0 atom stereocenters. The van der Waals surface area contributed by atoms with Gasteiger partial charge in [-0.3, -0.25) is 4.79 Å². The summed E-state index contributed by atoms with van der Waals surface area (Å²) in [4.78, 5) is 11.8. The second-order valence-electron chi connectivity index (χ2n) is 4.69. The minimum absolute atomic E-state index is 0.200. The van der Waals surface area contributed by atoms with E-state index in [4.69, 9.17) is 0 Å². The van der Waals surface area contributed by atoms with E-state index < -0.39 is 0 Å². The molecule has 0 bridgehead atoms. The topological polar surface area (TPSA) is 29.1 Å². The van der Waals surface area contributed by atoms with Crippen molar-refractivity contribution in [1.29, 1.82) is 0 Å². The highest BCUT2D eigenvalue weighted by Gasteiger charge is 2.26. The summed E-state index contributed by atoms with van der Waals surface area (Å²) in [5, 5.41) is 3.07. The lowest BCUT2D eigenvalue weighted by molar-refractivity contribution is -0.125. The van der Waals surface area contributed by atoms with Gasteiger partial charge >= 0.3 is 0 Å². The van der Waals surface area contributed by atoms with E-state index in [-0.39, 0.29) is 17.4 Å². The van der Waals surface area contributed by atoms with Crippen LogP contribution < -0.4 is 5.32 Å². The van der Waals surface area contributed by atoms with Gasteiger partial charge in [0.1, 0.15) is 0 Å². The Hall–Kier alpha value is -0.790. The summed E-state index contributed by atoms with van der Waals surface area (Å²) in [5.74, 6) is 0.491. The third-order valence-electron chi connectivity index (χ3n) is 2.75. The predicted molar refractivity (Wildman–Crippen MR) is 59.0 cm³/mol. The Morgan fingerprint density at radius 2 is 1.93 bits per heavy atom. The molecule has 0 heterocycles. The molecule has 1 amide bonds. The molecule has 0 radical (unpaired) electrons. The van der Waals surface area contributed by atoms with Crippen molar-refractivity contribution in [2.45, 2.75) is 52.0 Å². The van der Waals surface area contributed by atoms with Crippen LogP contribution >= 0.6 is 0 Å². The van der Waals surface area contributed by atoms with E-state index in [0.717, 1.165) is 12.8 Å². The smallest absolute Gasteiger partial charge is 0.223 e. The standard InChI is InChI=1S/C12H21NO/c1-4-9-12(2,3)13-11(14)10-7-5-6-8-10/h4,9-10H,5-8H2,1-3H3,(H,13,14)/b9-4+. The van der Waals surface area contributed by atoms with Crippen molar-refractivity contribution in [3.05, 3.63) is 12.2 Å². The zero-order valence-corrected chi connectivity index (χ0v) is 9.47. The van der Waals surface area contributed by atoms with Gasteiger partial charge in [-0.05, 0) is 33.6 Å². The molecule has 1 rings (SSSR count). The van der Waals surface area contributed by atoms with Crippen LogP contribution in [0.25, 0.3) is 0 Å². The van der Waals surface area contributed by atoms with Crippen LogP contribution in [0, 0.1) is 5.92 Å². The largest absolute Gasteiger partial charge is 0.348 e. The number of hydrogen-bond donors (Lipinski definition) is 1. The summed E-state index contributed by atoms with van der Waals surface area (Å²) in [6.07, 6.45) is 8.56. The maximum Gasteiger partial charge on any atom is 0.223 e. The summed E-state index contributed by atoms with van der Waals surface area (Å²) in [5.41, 5.74) is -0.200. The van der Waals surface area contributed by atoms with Crippen molar-refractivity contribution in [3.8, 4) is 0 Å². The number of hydrogen-bond acceptors (Lipinski definition) is 1. The van der Waals surface area contributed by atoms with Crippen LogP contribution in [0.2, 0.25) is 0 Å². The average Bonchev–Trinajstić information content (AvgIpc) is 2.53. The van der Waals surface area contributed by atoms with Crippen LogP contribution in [0.4, 0.5) is 0 Å². The second-order valence-corrected chi connectivity index (χ2v) is 4.69. The van der Waals surface area contributed by atoms with Crippen molar-refractivity contribution in [3.63, 3.8) is 0 Å². The highest BCUT2D eigenvalue weighted by molar-refractivity contribution is 5.79. The van der Waals surface area contributed by atoms with Crippen LogP contribution in [-0.4, -0.2) is 11.4 Å². The molecule has 1 N–H and O–H groups in total. The highest BCUT2D eigenvalue weighted by atomic mass is 16.2. The van der Waals surface area contributed by atoms with Crippen molar-refractivity contribution >= 4 is 5.91 Å². The van der Waals surface area contributed by atoms with E-state index in [1.165, 1.54) is 12.8 Å². The minimum atomic E-state index is -0.200. The summed E-state index contributed by atoms with van der Waals surface area (Å²) >= 11 is 0. The van der Waals surface area contributed by atoms with Crippen molar-refractivity contribution < 1.29 is 4.79 Å². The molecule has 0 saturated heterocycles. The molecule has 0 aromatic rings.